The predicted molar refractivity (Wildman–Crippen MR) is 79.7 cm³/mol. The maximum atomic E-state index is 12.5. The van der Waals surface area contributed by atoms with Crippen molar-refractivity contribution < 1.29 is 9.59 Å². The zero-order chi connectivity index (χ0) is 16.0. The van der Waals surface area contributed by atoms with E-state index in [4.69, 9.17) is 16.9 Å². The summed E-state index contributed by atoms with van der Waals surface area (Å²) in [5.41, 5.74) is -1.04. The number of amidine groups is 1. The molecule has 2 unspecified atom stereocenters. The van der Waals surface area contributed by atoms with E-state index in [1.54, 1.807) is 27.7 Å². The highest BCUT2D eigenvalue weighted by molar-refractivity contribution is 6.38. The van der Waals surface area contributed by atoms with Crippen LogP contribution >= 0.6 is 11.6 Å². The van der Waals surface area contributed by atoms with Crippen molar-refractivity contribution in [2.24, 2.45) is 16.8 Å². The van der Waals surface area contributed by atoms with Gasteiger partial charge in [-0.3, -0.25) is 9.59 Å². The number of carbonyl (C=O) groups excluding carboxylic acids is 2. The van der Waals surface area contributed by atoms with E-state index in [1.165, 1.54) is 0 Å². The van der Waals surface area contributed by atoms with Crippen LogP contribution in [0.15, 0.2) is 4.99 Å². The fourth-order valence-electron chi connectivity index (χ4n) is 2.94. The van der Waals surface area contributed by atoms with E-state index >= 15 is 0 Å². The molecule has 6 heteroatoms. The molecule has 1 aliphatic heterocycles. The van der Waals surface area contributed by atoms with Crippen molar-refractivity contribution in [1.29, 1.82) is 5.26 Å². The van der Waals surface area contributed by atoms with E-state index in [2.05, 4.69) is 11.1 Å². The molecule has 0 spiro atoms. The van der Waals surface area contributed by atoms with Gasteiger partial charge in [0.1, 0.15) is 11.4 Å². The second kappa shape index (κ2) is 5.10. The van der Waals surface area contributed by atoms with Gasteiger partial charge in [0.05, 0.1) is 22.8 Å². The standard InChI is InChI=1S/C15H20ClN3O2/c1-14(2,8-17)18-13(15(3,4)16)19-11(20)9-6-5-7-10(9)12(19)21/h9-10H,5-7H2,1-4H3. The molecular formula is C15H20ClN3O2. The van der Waals surface area contributed by atoms with Crippen molar-refractivity contribution in [3.8, 4) is 6.07 Å². The first-order chi connectivity index (χ1) is 9.58. The third kappa shape index (κ3) is 2.82. The number of rotatable bonds is 2. The summed E-state index contributed by atoms with van der Waals surface area (Å²) in [6.07, 6.45) is 2.38. The van der Waals surface area contributed by atoms with Gasteiger partial charge < -0.3 is 0 Å². The second-order valence-corrected chi connectivity index (χ2v) is 7.68. The van der Waals surface area contributed by atoms with Gasteiger partial charge in [0.15, 0.2) is 0 Å². The van der Waals surface area contributed by atoms with Gasteiger partial charge in [0.25, 0.3) is 0 Å². The van der Waals surface area contributed by atoms with Crippen LogP contribution < -0.4 is 0 Å². The molecule has 1 aliphatic carbocycles. The Morgan fingerprint density at radius 3 is 2.10 bits per heavy atom. The Bertz CT molecular complexity index is 532. The minimum absolute atomic E-state index is 0.181. The smallest absolute Gasteiger partial charge is 0.238 e. The van der Waals surface area contributed by atoms with E-state index < -0.39 is 10.4 Å². The van der Waals surface area contributed by atoms with Gasteiger partial charge in [0, 0.05) is 0 Å². The number of halogens is 1. The fourth-order valence-corrected chi connectivity index (χ4v) is 3.07. The molecule has 5 nitrogen and oxygen atoms in total. The highest BCUT2D eigenvalue weighted by atomic mass is 35.5. The summed E-state index contributed by atoms with van der Waals surface area (Å²) in [4.78, 5) is 29.5. The highest BCUT2D eigenvalue weighted by Gasteiger charge is 2.53. The number of fused-ring (bicyclic) bond motifs is 1. The van der Waals surface area contributed by atoms with Crippen LogP contribution in [0.3, 0.4) is 0 Å². The molecule has 1 heterocycles. The van der Waals surface area contributed by atoms with Crippen molar-refractivity contribution in [1.82, 2.24) is 4.90 Å². The third-order valence-electron chi connectivity index (χ3n) is 3.99. The maximum Gasteiger partial charge on any atom is 0.238 e. The number of nitriles is 1. The minimum Gasteiger partial charge on any atom is -0.274 e. The quantitative estimate of drug-likeness (QED) is 0.340. The molecule has 0 radical (unpaired) electrons. The summed E-state index contributed by atoms with van der Waals surface area (Å²) in [6.45, 7) is 6.61. The number of hydrogen-bond donors (Lipinski definition) is 0. The number of likely N-dealkylation sites (tertiary alicyclic amines) is 1. The van der Waals surface area contributed by atoms with Crippen LogP contribution in [0.4, 0.5) is 0 Å². The van der Waals surface area contributed by atoms with Crippen LogP contribution in [-0.2, 0) is 9.59 Å². The summed E-state index contributed by atoms with van der Waals surface area (Å²) < 4.78 is 0. The number of hydrogen-bond acceptors (Lipinski definition) is 4. The van der Waals surface area contributed by atoms with Gasteiger partial charge in [0.2, 0.25) is 11.8 Å². The van der Waals surface area contributed by atoms with E-state index in [0.29, 0.717) is 0 Å². The van der Waals surface area contributed by atoms with Crippen molar-refractivity contribution >= 4 is 29.3 Å². The molecule has 0 N–H and O–H groups in total. The summed E-state index contributed by atoms with van der Waals surface area (Å²) in [5, 5.41) is 9.16. The largest absolute Gasteiger partial charge is 0.274 e. The molecule has 2 amide bonds. The molecule has 114 valence electrons. The van der Waals surface area contributed by atoms with E-state index in [1.807, 2.05) is 0 Å². The Hall–Kier alpha value is -1.41. The van der Waals surface area contributed by atoms with Gasteiger partial charge in [-0.05, 0) is 40.5 Å². The lowest BCUT2D eigenvalue weighted by Crippen LogP contribution is -2.47. The lowest BCUT2D eigenvalue weighted by Gasteiger charge is -2.28. The van der Waals surface area contributed by atoms with Crippen LogP contribution in [0.1, 0.15) is 47.0 Å². The number of imide groups is 1. The summed E-state index contributed by atoms with van der Waals surface area (Å²) in [7, 11) is 0. The first-order valence-corrected chi connectivity index (χ1v) is 7.54. The first-order valence-electron chi connectivity index (χ1n) is 7.17. The van der Waals surface area contributed by atoms with Gasteiger partial charge in [-0.1, -0.05) is 6.42 Å². The molecule has 2 fully saturated rings. The van der Waals surface area contributed by atoms with Gasteiger partial charge >= 0.3 is 0 Å². The Balaban J connectivity index is 2.47. The van der Waals surface area contributed by atoms with Gasteiger partial charge in [-0.25, -0.2) is 9.89 Å². The zero-order valence-corrected chi connectivity index (χ0v) is 13.6. The number of carbonyl (C=O) groups is 2. The second-order valence-electron chi connectivity index (χ2n) is 6.73. The average Bonchev–Trinajstić information content (AvgIpc) is 2.92. The Morgan fingerprint density at radius 2 is 1.71 bits per heavy atom. The third-order valence-corrected chi connectivity index (χ3v) is 4.16. The average molecular weight is 310 g/mol. The molecule has 2 rings (SSSR count). The van der Waals surface area contributed by atoms with Crippen molar-refractivity contribution in [2.45, 2.75) is 57.4 Å². The molecule has 21 heavy (non-hydrogen) atoms. The van der Waals surface area contributed by atoms with Crippen LogP contribution in [0.2, 0.25) is 0 Å². The van der Waals surface area contributed by atoms with Crippen molar-refractivity contribution in [3.63, 3.8) is 0 Å². The minimum atomic E-state index is -1.04. The van der Waals surface area contributed by atoms with Crippen LogP contribution in [-0.4, -0.2) is 33.0 Å². The summed E-state index contributed by atoms with van der Waals surface area (Å²) in [5.74, 6) is -0.744. The van der Waals surface area contributed by atoms with Crippen LogP contribution in [0, 0.1) is 23.2 Å². The topological polar surface area (TPSA) is 73.5 Å². The first kappa shape index (κ1) is 16.0. The SMILES string of the molecule is CC(C)(C#N)N=C(N1C(=O)C2CCCC2C1=O)C(C)(C)Cl. The number of alkyl halides is 1. The molecule has 0 bridgehead atoms. The summed E-state index contributed by atoms with van der Waals surface area (Å²) in [6, 6.07) is 2.05. The monoisotopic (exact) mass is 309 g/mol. The zero-order valence-electron chi connectivity index (χ0n) is 12.8. The van der Waals surface area contributed by atoms with Crippen LogP contribution in [0.25, 0.3) is 0 Å². The lowest BCUT2D eigenvalue weighted by molar-refractivity contribution is -0.135. The normalized spacial score (nSPS) is 27.0. The van der Waals surface area contributed by atoms with E-state index in [9.17, 15) is 9.59 Å². The molecule has 2 aliphatic rings. The number of nitrogens with zero attached hydrogens (tertiary/aromatic N) is 3. The molecule has 0 aromatic rings. The molecule has 2 atom stereocenters. The molecule has 1 saturated heterocycles. The predicted octanol–water partition coefficient (Wildman–Crippen LogP) is 2.49. The molecule has 1 saturated carbocycles. The highest BCUT2D eigenvalue weighted by Crippen LogP contribution is 2.41. The molecule has 0 aromatic carbocycles. The Morgan fingerprint density at radius 1 is 1.24 bits per heavy atom. The number of aliphatic imine (C=N–C) groups is 1. The van der Waals surface area contributed by atoms with Gasteiger partial charge in [-0.2, -0.15) is 5.26 Å². The Kier molecular flexibility index (Phi) is 3.88. The van der Waals surface area contributed by atoms with Crippen molar-refractivity contribution in [2.75, 3.05) is 0 Å². The van der Waals surface area contributed by atoms with Gasteiger partial charge in [-0.15, -0.1) is 11.6 Å². The number of amides is 2. The summed E-state index contributed by atoms with van der Waals surface area (Å²) >= 11 is 6.34. The van der Waals surface area contributed by atoms with Crippen LogP contribution in [0.5, 0.6) is 0 Å². The maximum absolute atomic E-state index is 12.5. The molecule has 0 aromatic heterocycles. The van der Waals surface area contributed by atoms with E-state index in [0.717, 1.165) is 24.2 Å². The fraction of sp³-hybridized carbons (Fsp3) is 0.733. The lowest BCUT2D eigenvalue weighted by atomic mass is 10.00. The Labute approximate surface area is 130 Å². The van der Waals surface area contributed by atoms with E-state index in [-0.39, 0.29) is 29.5 Å². The van der Waals surface area contributed by atoms with Crippen molar-refractivity contribution in [3.05, 3.63) is 0 Å². The molecular weight excluding hydrogens is 290 g/mol.